The second kappa shape index (κ2) is 7.34. The largest absolute Gasteiger partial charge is 0.493 e. The smallest absolute Gasteiger partial charge is 0.266 e. The molecule has 0 fully saturated rings. The summed E-state index contributed by atoms with van der Waals surface area (Å²) in [4.78, 5) is 14.6. The van der Waals surface area contributed by atoms with E-state index in [1.54, 1.807) is 26.2 Å². The first kappa shape index (κ1) is 17.1. The number of nitriles is 1. The number of ether oxygens (including phenoxy) is 2. The first-order chi connectivity index (χ1) is 11.0. The van der Waals surface area contributed by atoms with Crippen LogP contribution in [0.25, 0.3) is 11.1 Å². The lowest BCUT2D eigenvalue weighted by Gasteiger charge is -2.14. The summed E-state index contributed by atoms with van der Waals surface area (Å²) < 4.78 is 11.8. The zero-order valence-electron chi connectivity index (χ0n) is 13.2. The highest BCUT2D eigenvalue weighted by Crippen LogP contribution is 2.40. The van der Waals surface area contributed by atoms with Gasteiger partial charge in [0.2, 0.25) is 0 Å². The summed E-state index contributed by atoms with van der Waals surface area (Å²) in [5, 5.41) is 9.28. The van der Waals surface area contributed by atoms with Gasteiger partial charge in [-0.25, -0.2) is 0 Å². The van der Waals surface area contributed by atoms with E-state index in [-0.39, 0.29) is 5.56 Å². The van der Waals surface area contributed by atoms with Gasteiger partial charge < -0.3 is 14.5 Å². The molecular weight excluding hydrogens is 360 g/mol. The molecule has 1 heterocycles. The lowest BCUT2D eigenvalue weighted by molar-refractivity contribution is 0.292. The molecule has 5 nitrogen and oxygen atoms in total. The number of nitrogens with zero attached hydrogens (tertiary/aromatic N) is 1. The van der Waals surface area contributed by atoms with Crippen LogP contribution < -0.4 is 15.0 Å². The van der Waals surface area contributed by atoms with E-state index >= 15 is 0 Å². The van der Waals surface area contributed by atoms with Crippen LogP contribution >= 0.6 is 15.9 Å². The number of methoxy groups -OCH3 is 1. The maximum atomic E-state index is 12.0. The zero-order chi connectivity index (χ0) is 17.0. The molecule has 1 aromatic heterocycles. The fourth-order valence-electron chi connectivity index (χ4n) is 2.25. The van der Waals surface area contributed by atoms with Crippen molar-refractivity contribution in [3.63, 3.8) is 0 Å². The number of H-pyrrole nitrogens is 1. The van der Waals surface area contributed by atoms with Crippen molar-refractivity contribution in [2.75, 3.05) is 13.7 Å². The number of nitrogens with one attached hydrogen (secondary N) is 1. The van der Waals surface area contributed by atoms with Gasteiger partial charge in [0.25, 0.3) is 5.56 Å². The molecule has 6 heteroatoms. The highest BCUT2D eigenvalue weighted by Gasteiger charge is 2.16. The van der Waals surface area contributed by atoms with Crippen LogP contribution in [0.5, 0.6) is 11.5 Å². The van der Waals surface area contributed by atoms with Crippen LogP contribution in [0.1, 0.15) is 24.6 Å². The molecule has 0 aliphatic rings. The predicted molar refractivity (Wildman–Crippen MR) is 92.0 cm³/mol. The number of aromatic amines is 1. The molecule has 2 rings (SSSR count). The van der Waals surface area contributed by atoms with E-state index in [4.69, 9.17) is 9.47 Å². The Kier molecular flexibility index (Phi) is 5.45. The molecule has 1 aromatic carbocycles. The molecule has 0 amide bonds. The number of aryl methyl sites for hydroxylation is 1. The van der Waals surface area contributed by atoms with Crippen LogP contribution in [-0.4, -0.2) is 18.7 Å². The Morgan fingerprint density at radius 1 is 1.35 bits per heavy atom. The van der Waals surface area contributed by atoms with Crippen molar-refractivity contribution < 1.29 is 9.47 Å². The molecule has 2 aromatic rings. The SMILES string of the molecule is CCCOc1c(Br)cc(-c2cc(C)[nH]c(=O)c2C#N)cc1OC. The lowest BCUT2D eigenvalue weighted by Crippen LogP contribution is -2.12. The molecule has 120 valence electrons. The van der Waals surface area contributed by atoms with E-state index in [0.29, 0.717) is 39.4 Å². The van der Waals surface area contributed by atoms with Gasteiger partial charge in [0.15, 0.2) is 11.5 Å². The lowest BCUT2D eigenvalue weighted by atomic mass is 10.0. The van der Waals surface area contributed by atoms with Crippen LogP contribution in [0.15, 0.2) is 27.5 Å². The topological polar surface area (TPSA) is 75.1 Å². The van der Waals surface area contributed by atoms with Crippen molar-refractivity contribution >= 4 is 15.9 Å². The first-order valence-electron chi connectivity index (χ1n) is 7.16. The van der Waals surface area contributed by atoms with E-state index in [2.05, 4.69) is 20.9 Å². The third-order valence-corrected chi connectivity index (χ3v) is 3.86. The summed E-state index contributed by atoms with van der Waals surface area (Å²) in [6.07, 6.45) is 0.878. The van der Waals surface area contributed by atoms with Gasteiger partial charge >= 0.3 is 0 Å². The van der Waals surface area contributed by atoms with Gasteiger partial charge in [0, 0.05) is 11.3 Å². The highest BCUT2D eigenvalue weighted by molar-refractivity contribution is 9.10. The number of benzene rings is 1. The average Bonchev–Trinajstić information content (AvgIpc) is 2.52. The molecule has 0 aliphatic heterocycles. The van der Waals surface area contributed by atoms with Crippen molar-refractivity contribution in [2.24, 2.45) is 0 Å². The normalized spacial score (nSPS) is 10.2. The second-order valence-electron chi connectivity index (χ2n) is 5.02. The molecule has 0 radical (unpaired) electrons. The maximum absolute atomic E-state index is 12.0. The van der Waals surface area contributed by atoms with E-state index in [0.717, 1.165) is 6.42 Å². The van der Waals surface area contributed by atoms with Crippen molar-refractivity contribution in [1.82, 2.24) is 4.98 Å². The monoisotopic (exact) mass is 376 g/mol. The van der Waals surface area contributed by atoms with Gasteiger partial charge in [-0.05, 0) is 53.0 Å². The van der Waals surface area contributed by atoms with Crippen molar-refractivity contribution in [2.45, 2.75) is 20.3 Å². The summed E-state index contributed by atoms with van der Waals surface area (Å²) in [6.45, 7) is 4.37. The van der Waals surface area contributed by atoms with Crippen LogP contribution in [0.4, 0.5) is 0 Å². The summed E-state index contributed by atoms with van der Waals surface area (Å²) in [7, 11) is 1.55. The molecule has 0 spiro atoms. The van der Waals surface area contributed by atoms with Crippen molar-refractivity contribution in [3.05, 3.63) is 44.3 Å². The average molecular weight is 377 g/mol. The Balaban J connectivity index is 2.65. The van der Waals surface area contributed by atoms with Crippen molar-refractivity contribution in [3.8, 4) is 28.7 Å². The molecule has 0 saturated heterocycles. The third kappa shape index (κ3) is 3.57. The van der Waals surface area contributed by atoms with Gasteiger partial charge in [-0.3, -0.25) is 4.79 Å². The number of aromatic nitrogens is 1. The second-order valence-corrected chi connectivity index (χ2v) is 5.87. The van der Waals surface area contributed by atoms with Crippen molar-refractivity contribution in [1.29, 1.82) is 5.26 Å². The summed E-state index contributed by atoms with van der Waals surface area (Å²) in [6, 6.07) is 7.33. The van der Waals surface area contributed by atoms with E-state index in [1.807, 2.05) is 19.1 Å². The summed E-state index contributed by atoms with van der Waals surface area (Å²) in [5.41, 5.74) is 1.64. The van der Waals surface area contributed by atoms with Gasteiger partial charge in [-0.15, -0.1) is 0 Å². The molecule has 0 bridgehead atoms. The fraction of sp³-hybridized carbons (Fsp3) is 0.294. The fourth-order valence-corrected chi connectivity index (χ4v) is 2.80. The van der Waals surface area contributed by atoms with Gasteiger partial charge in [0.1, 0.15) is 11.6 Å². The van der Waals surface area contributed by atoms with Crippen LogP contribution in [0, 0.1) is 18.3 Å². The Morgan fingerprint density at radius 2 is 2.09 bits per heavy atom. The standard InChI is InChI=1S/C17H17BrN2O3/c1-4-5-23-16-14(18)7-11(8-15(16)22-3)12-6-10(2)20-17(21)13(12)9-19/h6-8H,4-5H2,1-3H3,(H,20,21). The van der Waals surface area contributed by atoms with Crippen LogP contribution in [0.3, 0.4) is 0 Å². The Morgan fingerprint density at radius 3 is 2.70 bits per heavy atom. The molecule has 1 N–H and O–H groups in total. The van der Waals surface area contributed by atoms with E-state index in [9.17, 15) is 10.1 Å². The quantitative estimate of drug-likeness (QED) is 0.861. The molecule has 23 heavy (non-hydrogen) atoms. The number of hydrogen-bond acceptors (Lipinski definition) is 4. The number of halogens is 1. The number of hydrogen-bond donors (Lipinski definition) is 1. The van der Waals surface area contributed by atoms with Crippen LogP contribution in [0.2, 0.25) is 0 Å². The van der Waals surface area contributed by atoms with Gasteiger partial charge in [0.05, 0.1) is 18.2 Å². The molecule has 0 atom stereocenters. The number of pyridine rings is 1. The Hall–Kier alpha value is -2.26. The maximum Gasteiger partial charge on any atom is 0.266 e. The molecule has 0 saturated carbocycles. The molecular formula is C17H17BrN2O3. The minimum Gasteiger partial charge on any atom is -0.493 e. The number of rotatable bonds is 5. The third-order valence-electron chi connectivity index (χ3n) is 3.27. The van der Waals surface area contributed by atoms with Gasteiger partial charge in [-0.2, -0.15) is 5.26 Å². The first-order valence-corrected chi connectivity index (χ1v) is 7.95. The zero-order valence-corrected chi connectivity index (χ0v) is 14.8. The minimum atomic E-state index is -0.399. The molecule has 0 unspecified atom stereocenters. The summed E-state index contributed by atoms with van der Waals surface area (Å²) >= 11 is 3.48. The van der Waals surface area contributed by atoms with E-state index in [1.165, 1.54) is 0 Å². The van der Waals surface area contributed by atoms with Gasteiger partial charge in [-0.1, -0.05) is 6.92 Å². The predicted octanol–water partition coefficient (Wildman–Crippen LogP) is 3.78. The Labute approximate surface area is 143 Å². The van der Waals surface area contributed by atoms with E-state index < -0.39 is 5.56 Å². The highest BCUT2D eigenvalue weighted by atomic mass is 79.9. The van der Waals surface area contributed by atoms with Crippen LogP contribution in [-0.2, 0) is 0 Å². The molecule has 0 aliphatic carbocycles. The summed E-state index contributed by atoms with van der Waals surface area (Å²) in [5.74, 6) is 1.16. The Bertz CT molecular complexity index is 822. The minimum absolute atomic E-state index is 0.0757.